The molecule has 9 heteroatoms. The molecule has 0 saturated heterocycles. The van der Waals surface area contributed by atoms with Crippen molar-refractivity contribution in [2.24, 2.45) is 0 Å². The van der Waals surface area contributed by atoms with Crippen LogP contribution in [0, 0.1) is 0 Å². The van der Waals surface area contributed by atoms with E-state index in [0.29, 0.717) is 23.7 Å². The molecule has 33 heavy (non-hydrogen) atoms. The summed E-state index contributed by atoms with van der Waals surface area (Å²) in [6.45, 7) is 0.392. The number of phenols is 1. The number of aromatic amines is 1. The average Bonchev–Trinajstić information content (AvgIpc) is 3.52. The first-order chi connectivity index (χ1) is 16.2. The minimum Gasteiger partial charge on any atom is -0.507 e. The molecule has 0 radical (unpaired) electrons. The third-order valence-corrected chi connectivity index (χ3v) is 5.90. The highest BCUT2D eigenvalue weighted by molar-refractivity contribution is 7.18. The number of H-pyrrole nitrogens is 1. The predicted molar refractivity (Wildman–Crippen MR) is 125 cm³/mol. The Labute approximate surface area is 192 Å². The number of carbonyl (C=O) groups is 1. The fraction of sp³-hybridized carbons (Fsp3) is 0.0417. The molecule has 0 amide bonds. The van der Waals surface area contributed by atoms with Crippen LogP contribution in [0.5, 0.6) is 11.5 Å². The van der Waals surface area contributed by atoms with E-state index in [4.69, 9.17) is 4.74 Å². The molecular weight excluding hydrogens is 438 g/mol. The van der Waals surface area contributed by atoms with E-state index < -0.39 is 0 Å². The number of phenolic OH excluding ortho intramolecular Hbond substituents is 1. The number of ether oxygens (including phenoxy) is 1. The second-order valence-corrected chi connectivity index (χ2v) is 8.23. The molecule has 0 bridgehead atoms. The van der Waals surface area contributed by atoms with E-state index >= 15 is 0 Å². The van der Waals surface area contributed by atoms with Crippen LogP contribution in [0.25, 0.3) is 27.7 Å². The van der Waals surface area contributed by atoms with Crippen LogP contribution in [-0.2, 0) is 6.61 Å². The molecule has 0 saturated carbocycles. The molecule has 8 nitrogen and oxygen atoms in total. The fourth-order valence-corrected chi connectivity index (χ4v) is 4.11. The summed E-state index contributed by atoms with van der Waals surface area (Å²) in [5.74, 6) is 0.677. The molecule has 0 aliphatic rings. The lowest BCUT2D eigenvalue weighted by Crippen LogP contribution is -1.96. The molecule has 0 aliphatic heterocycles. The van der Waals surface area contributed by atoms with E-state index in [1.807, 2.05) is 48.5 Å². The van der Waals surface area contributed by atoms with Crippen LogP contribution in [-0.4, -0.2) is 36.5 Å². The Morgan fingerprint density at radius 3 is 2.73 bits per heavy atom. The van der Waals surface area contributed by atoms with Gasteiger partial charge in [0.15, 0.2) is 11.6 Å². The van der Waals surface area contributed by atoms with Crippen LogP contribution in [0.15, 0.2) is 72.8 Å². The zero-order valence-electron chi connectivity index (χ0n) is 17.2. The van der Waals surface area contributed by atoms with Gasteiger partial charge in [-0.3, -0.25) is 4.79 Å². The van der Waals surface area contributed by atoms with Crippen molar-refractivity contribution in [3.63, 3.8) is 0 Å². The molecule has 2 aromatic heterocycles. The van der Waals surface area contributed by atoms with Crippen molar-refractivity contribution in [2.75, 3.05) is 0 Å². The van der Waals surface area contributed by atoms with Crippen LogP contribution in [0.2, 0.25) is 0 Å². The third kappa shape index (κ3) is 4.63. The van der Waals surface area contributed by atoms with Crippen molar-refractivity contribution < 1.29 is 14.6 Å². The number of fused-ring (bicyclic) bond motifs is 1. The molecule has 2 N–H and O–H groups in total. The van der Waals surface area contributed by atoms with Crippen LogP contribution in [0.1, 0.15) is 20.9 Å². The van der Waals surface area contributed by atoms with Crippen LogP contribution < -0.4 is 4.74 Å². The van der Waals surface area contributed by atoms with Crippen LogP contribution in [0.4, 0.5) is 0 Å². The minimum absolute atomic E-state index is 0.112. The first kappa shape index (κ1) is 20.5. The number of aromatic hydroxyl groups is 1. The van der Waals surface area contributed by atoms with Gasteiger partial charge in [0.1, 0.15) is 23.1 Å². The summed E-state index contributed by atoms with van der Waals surface area (Å²) in [6.07, 6.45) is 3.09. The highest BCUT2D eigenvalue weighted by Gasteiger charge is 2.12. The van der Waals surface area contributed by atoms with E-state index in [0.717, 1.165) is 20.8 Å². The van der Waals surface area contributed by atoms with Gasteiger partial charge in [-0.2, -0.15) is 0 Å². The lowest BCUT2D eigenvalue weighted by molar-refractivity contribution is 0.104. The highest BCUT2D eigenvalue weighted by Crippen LogP contribution is 2.25. The molecule has 0 unspecified atom stereocenters. The first-order valence-corrected chi connectivity index (χ1v) is 10.8. The molecule has 0 atom stereocenters. The number of benzene rings is 3. The smallest absolute Gasteiger partial charge is 0.189 e. The van der Waals surface area contributed by atoms with Gasteiger partial charge in [0.2, 0.25) is 0 Å². The second-order valence-electron chi connectivity index (χ2n) is 7.11. The Hall–Kier alpha value is -4.37. The normalized spacial score (nSPS) is 11.3. The maximum atomic E-state index is 12.6. The van der Waals surface area contributed by atoms with Gasteiger partial charge in [-0.15, -0.1) is 16.4 Å². The van der Waals surface area contributed by atoms with Gasteiger partial charge < -0.3 is 9.84 Å². The Bertz CT molecular complexity index is 1410. The number of ketones is 1. The number of hydrogen-bond donors (Lipinski definition) is 2. The van der Waals surface area contributed by atoms with Gasteiger partial charge >= 0.3 is 0 Å². The van der Waals surface area contributed by atoms with E-state index in [9.17, 15) is 9.90 Å². The van der Waals surface area contributed by atoms with Crippen LogP contribution >= 0.6 is 11.3 Å². The molecular formula is C24H17N5O3S. The Balaban J connectivity index is 1.24. The fourth-order valence-electron chi connectivity index (χ4n) is 3.23. The van der Waals surface area contributed by atoms with E-state index in [-0.39, 0.29) is 17.1 Å². The number of thiazole rings is 1. The van der Waals surface area contributed by atoms with Gasteiger partial charge in [0, 0.05) is 5.56 Å². The number of allylic oxidation sites excluding steroid dienone is 1. The van der Waals surface area contributed by atoms with Crippen molar-refractivity contribution in [2.45, 2.75) is 6.61 Å². The van der Waals surface area contributed by atoms with Crippen molar-refractivity contribution in [3.8, 4) is 22.9 Å². The standard InChI is InChI=1S/C24H17N5O3S/c30-20(18-13-16(8-12-21(18)31)24-26-28-29-27-24)11-7-15-5-9-17(10-6-15)32-14-23-25-19-3-1-2-4-22(19)33-23/h1-13,31H,14H2,(H,26,27,28,29). The summed E-state index contributed by atoms with van der Waals surface area (Å²) >= 11 is 1.61. The average molecular weight is 455 g/mol. The summed E-state index contributed by atoms with van der Waals surface area (Å²) in [7, 11) is 0. The van der Waals surface area contributed by atoms with E-state index in [1.165, 1.54) is 12.1 Å². The monoisotopic (exact) mass is 455 g/mol. The summed E-state index contributed by atoms with van der Waals surface area (Å²) < 4.78 is 6.98. The van der Waals surface area contributed by atoms with Gasteiger partial charge in [-0.05, 0) is 64.5 Å². The molecule has 0 spiro atoms. The number of tetrazole rings is 1. The molecule has 3 aromatic carbocycles. The summed E-state index contributed by atoms with van der Waals surface area (Å²) in [5.41, 5.74) is 2.56. The molecule has 0 fully saturated rings. The number of nitrogens with one attached hydrogen (secondary N) is 1. The maximum Gasteiger partial charge on any atom is 0.189 e. The number of carbonyl (C=O) groups excluding carboxylic acids is 1. The molecule has 0 aliphatic carbocycles. The van der Waals surface area contributed by atoms with Crippen molar-refractivity contribution >= 4 is 33.4 Å². The van der Waals surface area contributed by atoms with Gasteiger partial charge in [-0.1, -0.05) is 30.3 Å². The zero-order valence-corrected chi connectivity index (χ0v) is 18.0. The quantitative estimate of drug-likeness (QED) is 0.271. The largest absolute Gasteiger partial charge is 0.507 e. The topological polar surface area (TPSA) is 114 Å². The van der Waals surface area contributed by atoms with Gasteiger partial charge in [0.25, 0.3) is 0 Å². The highest BCUT2D eigenvalue weighted by atomic mass is 32.1. The SMILES string of the molecule is O=C(C=Cc1ccc(OCc2nc3ccccc3s2)cc1)c1cc(-c2nnn[nH]2)ccc1O. The Kier molecular flexibility index (Phi) is 5.61. The van der Waals surface area contributed by atoms with Crippen molar-refractivity contribution in [1.82, 2.24) is 25.6 Å². The molecule has 2 heterocycles. The predicted octanol–water partition coefficient (Wildman–Crippen LogP) is 4.66. The Morgan fingerprint density at radius 1 is 1.09 bits per heavy atom. The third-order valence-electron chi connectivity index (χ3n) is 4.89. The van der Waals surface area contributed by atoms with E-state index in [2.05, 4.69) is 25.6 Å². The molecule has 162 valence electrons. The summed E-state index contributed by atoms with van der Waals surface area (Å²) in [6, 6.07) is 20.0. The molecule has 5 aromatic rings. The van der Waals surface area contributed by atoms with E-state index in [1.54, 1.807) is 29.5 Å². The number of hydrogen-bond acceptors (Lipinski definition) is 8. The Morgan fingerprint density at radius 2 is 1.94 bits per heavy atom. The minimum atomic E-state index is -0.335. The maximum absolute atomic E-state index is 12.6. The first-order valence-electron chi connectivity index (χ1n) is 10.0. The van der Waals surface area contributed by atoms with Gasteiger partial charge in [0.05, 0.1) is 15.8 Å². The number of aromatic nitrogens is 5. The lowest BCUT2D eigenvalue weighted by atomic mass is 10.0. The van der Waals surface area contributed by atoms with Crippen molar-refractivity contribution in [1.29, 1.82) is 0 Å². The van der Waals surface area contributed by atoms with Gasteiger partial charge in [-0.25, -0.2) is 10.1 Å². The van der Waals surface area contributed by atoms with Crippen molar-refractivity contribution in [3.05, 3.63) is 88.9 Å². The summed E-state index contributed by atoms with van der Waals surface area (Å²) in [5, 5.41) is 24.5. The zero-order chi connectivity index (χ0) is 22.6. The number of rotatable bonds is 7. The lowest BCUT2D eigenvalue weighted by Gasteiger charge is -2.04. The second kappa shape index (κ2) is 9.01. The summed E-state index contributed by atoms with van der Waals surface area (Å²) in [4.78, 5) is 17.2. The number of para-hydroxylation sites is 1. The molecule has 5 rings (SSSR count). The van der Waals surface area contributed by atoms with Crippen LogP contribution in [0.3, 0.4) is 0 Å². The number of nitrogens with zero attached hydrogens (tertiary/aromatic N) is 4.